The highest BCUT2D eigenvalue weighted by Crippen LogP contribution is 2.38. The molecule has 4 nitrogen and oxygen atoms in total. The number of halogens is 1. The molecule has 2 aromatic carbocycles. The maximum atomic E-state index is 9.72. The van der Waals surface area contributed by atoms with Crippen molar-refractivity contribution in [3.63, 3.8) is 0 Å². The molecule has 120 valence electrons. The minimum atomic E-state index is 0.102. The first-order valence-electron chi connectivity index (χ1n) is 7.26. The predicted molar refractivity (Wildman–Crippen MR) is 99.1 cm³/mol. The Morgan fingerprint density at radius 1 is 0.920 bits per heavy atom. The third-order valence-corrected chi connectivity index (χ3v) is 4.75. The summed E-state index contributed by atoms with van der Waals surface area (Å²) in [4.78, 5) is 5.21. The number of nitriles is 2. The second kappa shape index (κ2) is 7.27. The van der Waals surface area contributed by atoms with Gasteiger partial charge in [-0.15, -0.1) is 0 Å². The van der Waals surface area contributed by atoms with Gasteiger partial charge in [0.1, 0.15) is 28.5 Å². The fraction of sp³-hybridized carbons (Fsp3) is 0. The van der Waals surface area contributed by atoms with Gasteiger partial charge in [0.15, 0.2) is 0 Å². The van der Waals surface area contributed by atoms with Crippen LogP contribution in [-0.4, -0.2) is 4.98 Å². The third-order valence-electron chi connectivity index (χ3n) is 3.51. The minimum absolute atomic E-state index is 0.102. The highest BCUT2D eigenvalue weighted by atomic mass is 35.5. The van der Waals surface area contributed by atoms with Gasteiger partial charge in [0.05, 0.1) is 5.56 Å². The van der Waals surface area contributed by atoms with Crippen molar-refractivity contribution in [3.8, 4) is 23.3 Å². The van der Waals surface area contributed by atoms with Crippen molar-refractivity contribution < 1.29 is 0 Å². The van der Waals surface area contributed by atoms with Gasteiger partial charge in [0.25, 0.3) is 0 Å². The first-order valence-corrected chi connectivity index (χ1v) is 8.46. The second-order valence-corrected chi connectivity index (χ2v) is 6.57. The summed E-state index contributed by atoms with van der Waals surface area (Å²) in [5.74, 6) is 0.102. The monoisotopic (exact) mass is 362 g/mol. The summed E-state index contributed by atoms with van der Waals surface area (Å²) >= 11 is 7.28. The molecule has 1 heterocycles. The zero-order valence-electron chi connectivity index (χ0n) is 12.9. The van der Waals surface area contributed by atoms with Crippen molar-refractivity contribution in [1.82, 2.24) is 4.98 Å². The number of anilines is 1. The number of nitrogens with two attached hydrogens (primary N) is 1. The normalized spacial score (nSPS) is 10.0. The molecule has 0 spiro atoms. The zero-order valence-corrected chi connectivity index (χ0v) is 14.5. The van der Waals surface area contributed by atoms with Gasteiger partial charge in [-0.25, -0.2) is 4.98 Å². The molecule has 0 aliphatic carbocycles. The number of benzene rings is 2. The lowest BCUT2D eigenvalue weighted by Crippen LogP contribution is -2.03. The van der Waals surface area contributed by atoms with Gasteiger partial charge in [-0.3, -0.25) is 0 Å². The number of hydrogen-bond donors (Lipinski definition) is 1. The van der Waals surface area contributed by atoms with Crippen molar-refractivity contribution in [1.29, 1.82) is 10.5 Å². The average molecular weight is 363 g/mol. The topological polar surface area (TPSA) is 86.5 Å². The number of nitrogen functional groups attached to an aromatic ring is 1. The average Bonchev–Trinajstić information content (AvgIpc) is 2.63. The molecule has 0 amide bonds. The molecule has 6 heteroatoms. The Morgan fingerprint density at radius 3 is 2.16 bits per heavy atom. The Bertz CT molecular complexity index is 1000. The standard InChI is InChI=1S/C19H11ClN4S/c20-13-8-6-12(7-9-13)17-15(10-21)18(23)24-19(16(17)11-22)25-14-4-2-1-3-5-14/h1-9H,(H2,23,24). The Balaban J connectivity index is 2.24. The summed E-state index contributed by atoms with van der Waals surface area (Å²) in [7, 11) is 0. The molecule has 1 aromatic heterocycles. The highest BCUT2D eigenvalue weighted by molar-refractivity contribution is 7.99. The summed E-state index contributed by atoms with van der Waals surface area (Å²) in [6.45, 7) is 0. The smallest absolute Gasteiger partial charge is 0.143 e. The molecule has 0 bridgehead atoms. The van der Waals surface area contributed by atoms with Crippen LogP contribution in [0.15, 0.2) is 64.5 Å². The van der Waals surface area contributed by atoms with E-state index in [2.05, 4.69) is 17.1 Å². The van der Waals surface area contributed by atoms with Crippen molar-refractivity contribution in [2.75, 3.05) is 5.73 Å². The lowest BCUT2D eigenvalue weighted by Gasteiger charge is -2.13. The predicted octanol–water partition coefficient (Wildman–Crippen LogP) is 4.88. The van der Waals surface area contributed by atoms with Crippen molar-refractivity contribution in [2.45, 2.75) is 9.92 Å². The van der Waals surface area contributed by atoms with Gasteiger partial charge in [-0.1, -0.05) is 53.7 Å². The minimum Gasteiger partial charge on any atom is -0.383 e. The van der Waals surface area contributed by atoms with Gasteiger partial charge in [0.2, 0.25) is 0 Å². The molecular formula is C19H11ClN4S. The van der Waals surface area contributed by atoms with E-state index in [1.54, 1.807) is 24.3 Å². The Morgan fingerprint density at radius 2 is 1.56 bits per heavy atom. The van der Waals surface area contributed by atoms with Gasteiger partial charge in [0, 0.05) is 15.5 Å². The van der Waals surface area contributed by atoms with Crippen molar-refractivity contribution in [3.05, 3.63) is 70.7 Å². The number of hydrogen-bond acceptors (Lipinski definition) is 5. The molecule has 0 unspecified atom stereocenters. The van der Waals surface area contributed by atoms with E-state index in [0.717, 1.165) is 4.90 Å². The molecule has 0 atom stereocenters. The molecule has 0 aliphatic heterocycles. The number of nitrogens with zero attached hydrogens (tertiary/aromatic N) is 3. The first kappa shape index (κ1) is 16.9. The van der Waals surface area contributed by atoms with Crippen molar-refractivity contribution >= 4 is 29.2 Å². The van der Waals surface area contributed by atoms with E-state index in [1.165, 1.54) is 11.8 Å². The molecular weight excluding hydrogens is 352 g/mol. The molecule has 25 heavy (non-hydrogen) atoms. The van der Waals surface area contributed by atoms with Gasteiger partial charge >= 0.3 is 0 Å². The van der Waals surface area contributed by atoms with Crippen LogP contribution in [-0.2, 0) is 0 Å². The van der Waals surface area contributed by atoms with Crippen LogP contribution in [0.1, 0.15) is 11.1 Å². The Kier molecular flexibility index (Phi) is 4.90. The molecule has 0 radical (unpaired) electrons. The van der Waals surface area contributed by atoms with Crippen LogP contribution in [0.5, 0.6) is 0 Å². The van der Waals surface area contributed by atoms with E-state index in [9.17, 15) is 10.5 Å². The number of pyridine rings is 1. The van der Waals surface area contributed by atoms with Crippen LogP contribution in [0.3, 0.4) is 0 Å². The molecule has 0 fully saturated rings. The van der Waals surface area contributed by atoms with E-state index < -0.39 is 0 Å². The molecule has 3 rings (SSSR count). The fourth-order valence-corrected chi connectivity index (χ4v) is 3.41. The maximum absolute atomic E-state index is 9.72. The first-order chi connectivity index (χ1) is 12.1. The van der Waals surface area contributed by atoms with Crippen LogP contribution in [0.25, 0.3) is 11.1 Å². The Hall–Kier alpha value is -2.99. The van der Waals surface area contributed by atoms with Gasteiger partial charge in [-0.05, 0) is 29.8 Å². The number of aromatic nitrogens is 1. The zero-order chi connectivity index (χ0) is 17.8. The molecule has 0 saturated heterocycles. The van der Waals surface area contributed by atoms with E-state index >= 15 is 0 Å². The van der Waals surface area contributed by atoms with E-state index in [4.69, 9.17) is 17.3 Å². The maximum Gasteiger partial charge on any atom is 0.143 e. The summed E-state index contributed by atoms with van der Waals surface area (Å²) in [5.41, 5.74) is 7.68. The lowest BCUT2D eigenvalue weighted by atomic mass is 9.97. The van der Waals surface area contributed by atoms with Crippen LogP contribution in [0.2, 0.25) is 5.02 Å². The second-order valence-electron chi connectivity index (χ2n) is 5.07. The van der Waals surface area contributed by atoms with E-state index in [0.29, 0.717) is 26.7 Å². The molecule has 2 N–H and O–H groups in total. The highest BCUT2D eigenvalue weighted by Gasteiger charge is 2.20. The fourth-order valence-electron chi connectivity index (χ4n) is 2.38. The largest absolute Gasteiger partial charge is 0.383 e. The van der Waals surface area contributed by atoms with E-state index in [-0.39, 0.29) is 11.4 Å². The summed E-state index contributed by atoms with van der Waals surface area (Å²) in [6.07, 6.45) is 0. The van der Waals surface area contributed by atoms with Crippen LogP contribution in [0, 0.1) is 22.7 Å². The molecule has 0 aliphatic rings. The summed E-state index contributed by atoms with van der Waals surface area (Å²) in [6, 6.07) is 20.7. The number of rotatable bonds is 3. The quantitative estimate of drug-likeness (QED) is 0.717. The summed E-state index contributed by atoms with van der Waals surface area (Å²) < 4.78 is 0. The van der Waals surface area contributed by atoms with Crippen LogP contribution < -0.4 is 5.73 Å². The van der Waals surface area contributed by atoms with E-state index in [1.807, 2.05) is 30.3 Å². The van der Waals surface area contributed by atoms with Crippen molar-refractivity contribution in [2.24, 2.45) is 0 Å². The summed E-state index contributed by atoms with van der Waals surface area (Å²) in [5, 5.41) is 20.3. The van der Waals surface area contributed by atoms with Gasteiger partial charge in [-0.2, -0.15) is 10.5 Å². The Labute approximate surface area is 154 Å². The van der Waals surface area contributed by atoms with Crippen LogP contribution in [0.4, 0.5) is 5.82 Å². The molecule has 3 aromatic rings. The van der Waals surface area contributed by atoms with Crippen LogP contribution >= 0.6 is 23.4 Å². The molecule has 0 saturated carbocycles. The van der Waals surface area contributed by atoms with Gasteiger partial charge < -0.3 is 5.73 Å². The SMILES string of the molecule is N#Cc1c(N)nc(Sc2ccccc2)c(C#N)c1-c1ccc(Cl)cc1. The third kappa shape index (κ3) is 3.44. The lowest BCUT2D eigenvalue weighted by molar-refractivity contribution is 1.11.